The zero-order valence-corrected chi connectivity index (χ0v) is 25.5. The van der Waals surface area contributed by atoms with Gasteiger partial charge in [0.1, 0.15) is 6.54 Å². The summed E-state index contributed by atoms with van der Waals surface area (Å²) in [6.45, 7) is 0.208. The van der Waals surface area contributed by atoms with Crippen LogP contribution >= 0.6 is 0 Å². The van der Waals surface area contributed by atoms with E-state index in [2.05, 4.69) is 15.6 Å². The number of aromatic nitrogens is 1. The summed E-state index contributed by atoms with van der Waals surface area (Å²) in [4.78, 5) is 75.2. The Balaban J connectivity index is 1.10. The fraction of sp³-hybridized carbons (Fsp3) is 0.222. The number of fused-ring (bicyclic) bond motifs is 3. The molecule has 1 aliphatic carbocycles. The lowest BCUT2D eigenvalue weighted by Crippen LogP contribution is -2.49. The summed E-state index contributed by atoms with van der Waals surface area (Å²) < 4.78 is 0. The Morgan fingerprint density at radius 1 is 0.745 bits per heavy atom. The molecule has 0 bridgehead atoms. The summed E-state index contributed by atoms with van der Waals surface area (Å²) in [5, 5.41) is 5.64. The molecule has 3 aliphatic rings. The normalized spacial score (nSPS) is 18.4. The van der Waals surface area contributed by atoms with Gasteiger partial charge in [-0.25, -0.2) is 4.79 Å². The minimum Gasteiger partial charge on any atom is -0.334 e. The van der Waals surface area contributed by atoms with Crippen molar-refractivity contribution in [1.29, 1.82) is 0 Å². The minimum atomic E-state index is -0.494. The number of nitrogens with zero attached hydrogens (tertiary/aromatic N) is 4. The zero-order valence-electron chi connectivity index (χ0n) is 25.5. The second kappa shape index (κ2) is 12.5. The van der Waals surface area contributed by atoms with E-state index in [1.165, 1.54) is 0 Å². The van der Waals surface area contributed by atoms with E-state index in [0.717, 1.165) is 22.4 Å². The van der Waals surface area contributed by atoms with Gasteiger partial charge in [-0.15, -0.1) is 0 Å². The molecule has 2 atom stereocenters. The number of amides is 6. The second-order valence-electron chi connectivity index (χ2n) is 11.9. The average Bonchev–Trinajstić information content (AvgIpc) is 3.64. The van der Waals surface area contributed by atoms with Crippen LogP contribution < -0.4 is 20.4 Å². The molecule has 7 rings (SSSR count). The molecule has 0 saturated heterocycles. The number of carbonyl (C=O) groups excluding carboxylic acids is 5. The summed E-state index contributed by atoms with van der Waals surface area (Å²) in [6.07, 6.45) is 5.37. The molecule has 2 aliphatic heterocycles. The van der Waals surface area contributed by atoms with Crippen LogP contribution in [0.2, 0.25) is 0 Å². The Bertz CT molecular complexity index is 1840. The molecule has 2 unspecified atom stereocenters. The monoisotopic (exact) mass is 628 g/mol. The minimum absolute atomic E-state index is 0.0753. The van der Waals surface area contributed by atoms with E-state index in [-0.39, 0.29) is 29.6 Å². The summed E-state index contributed by atoms with van der Waals surface area (Å²) in [5.74, 6) is -1.90. The number of pyridine rings is 1. The lowest BCUT2D eigenvalue weighted by Gasteiger charge is -2.31. The van der Waals surface area contributed by atoms with Gasteiger partial charge in [0.25, 0.3) is 11.8 Å². The summed E-state index contributed by atoms with van der Waals surface area (Å²) >= 11 is 0. The van der Waals surface area contributed by atoms with Crippen molar-refractivity contribution in [3.05, 3.63) is 120 Å². The topological polar surface area (TPSA) is 132 Å². The number of benzene rings is 3. The number of anilines is 3. The van der Waals surface area contributed by atoms with E-state index in [1.807, 2.05) is 48.5 Å². The van der Waals surface area contributed by atoms with Crippen molar-refractivity contribution in [1.82, 2.24) is 15.2 Å². The van der Waals surface area contributed by atoms with Crippen molar-refractivity contribution in [2.75, 3.05) is 21.7 Å². The molecule has 3 aromatic carbocycles. The molecule has 4 aromatic rings. The van der Waals surface area contributed by atoms with Crippen LogP contribution in [0, 0.1) is 5.92 Å². The van der Waals surface area contributed by atoms with Gasteiger partial charge in [0.15, 0.2) is 0 Å². The van der Waals surface area contributed by atoms with Crippen LogP contribution in [0.1, 0.15) is 51.1 Å². The molecule has 236 valence electrons. The van der Waals surface area contributed by atoms with Crippen LogP contribution in [0.25, 0.3) is 0 Å². The molecule has 1 fully saturated rings. The van der Waals surface area contributed by atoms with Crippen LogP contribution in [0.5, 0.6) is 0 Å². The smallest absolute Gasteiger partial charge is 0.319 e. The van der Waals surface area contributed by atoms with Gasteiger partial charge in [0, 0.05) is 30.7 Å². The highest BCUT2D eigenvalue weighted by molar-refractivity contribution is 6.23. The molecule has 47 heavy (non-hydrogen) atoms. The quantitative estimate of drug-likeness (QED) is 0.284. The van der Waals surface area contributed by atoms with Gasteiger partial charge in [-0.05, 0) is 72.5 Å². The second-order valence-corrected chi connectivity index (χ2v) is 11.9. The molecular formula is C36H32N6O5. The Morgan fingerprint density at radius 2 is 1.40 bits per heavy atom. The van der Waals surface area contributed by atoms with Gasteiger partial charge in [-0.2, -0.15) is 0 Å². The van der Waals surface area contributed by atoms with E-state index in [4.69, 9.17) is 0 Å². The van der Waals surface area contributed by atoms with Crippen LogP contribution in [-0.4, -0.2) is 52.1 Å². The number of urea groups is 1. The maximum atomic E-state index is 14.2. The summed E-state index contributed by atoms with van der Waals surface area (Å²) in [5.41, 5.74) is 4.10. The van der Waals surface area contributed by atoms with Crippen molar-refractivity contribution in [2.45, 2.75) is 38.4 Å². The first-order valence-electron chi connectivity index (χ1n) is 15.6. The first kappa shape index (κ1) is 29.8. The fourth-order valence-electron chi connectivity index (χ4n) is 6.74. The number of nitrogens with one attached hydrogen (secondary N) is 2. The Kier molecular flexibility index (Phi) is 7.95. The largest absolute Gasteiger partial charge is 0.334 e. The number of hydrogen-bond acceptors (Lipinski definition) is 6. The third kappa shape index (κ3) is 5.71. The number of rotatable bonds is 7. The van der Waals surface area contributed by atoms with Gasteiger partial charge in [-0.1, -0.05) is 42.8 Å². The van der Waals surface area contributed by atoms with E-state index < -0.39 is 36.2 Å². The summed E-state index contributed by atoms with van der Waals surface area (Å²) in [6, 6.07) is 24.0. The highest BCUT2D eigenvalue weighted by atomic mass is 16.2. The molecule has 2 N–H and O–H groups in total. The Labute approximate surface area is 271 Å². The van der Waals surface area contributed by atoms with Gasteiger partial charge in [-0.3, -0.25) is 29.1 Å². The molecule has 0 spiro atoms. The van der Waals surface area contributed by atoms with E-state index in [0.29, 0.717) is 36.4 Å². The molecular weight excluding hydrogens is 596 g/mol. The predicted octanol–water partition coefficient (Wildman–Crippen LogP) is 4.75. The standard InChI is InChI=1S/C36H32N6O5/c43-32(22-41-33(44)26-6-1-2-7-27(26)34(41)45)42-29-11-5-8-28(29)35(46)40(30-9-3-4-10-31(30)42)21-24-12-14-25(15-13-24)39-36(47)38-20-23-16-18-37-19-17-23/h1-4,6-7,9-10,12-19,28-29H,5,8,11,20-22H2,(H2,38,39,47). The van der Waals surface area contributed by atoms with Gasteiger partial charge in [0.2, 0.25) is 11.8 Å². The molecule has 3 heterocycles. The lowest BCUT2D eigenvalue weighted by molar-refractivity contribution is -0.123. The average molecular weight is 629 g/mol. The van der Waals surface area contributed by atoms with Crippen LogP contribution in [0.3, 0.4) is 0 Å². The lowest BCUT2D eigenvalue weighted by atomic mass is 10.0. The fourth-order valence-corrected chi connectivity index (χ4v) is 6.74. The number of hydrogen-bond donors (Lipinski definition) is 2. The van der Waals surface area contributed by atoms with Crippen LogP contribution in [0.15, 0.2) is 97.3 Å². The molecule has 11 nitrogen and oxygen atoms in total. The number of carbonyl (C=O) groups is 5. The number of imide groups is 1. The third-order valence-electron chi connectivity index (χ3n) is 9.02. The molecule has 6 amide bonds. The van der Waals surface area contributed by atoms with E-state index in [1.54, 1.807) is 58.6 Å². The third-order valence-corrected chi connectivity index (χ3v) is 9.02. The van der Waals surface area contributed by atoms with Crippen molar-refractivity contribution in [3.8, 4) is 0 Å². The van der Waals surface area contributed by atoms with Crippen molar-refractivity contribution >= 4 is 46.7 Å². The first-order chi connectivity index (χ1) is 22.9. The highest BCUT2D eigenvalue weighted by Gasteiger charge is 2.47. The molecule has 1 aromatic heterocycles. The van der Waals surface area contributed by atoms with Gasteiger partial charge >= 0.3 is 6.03 Å². The van der Waals surface area contributed by atoms with Gasteiger partial charge in [0.05, 0.1) is 35.0 Å². The van der Waals surface area contributed by atoms with Crippen LogP contribution in [-0.2, 0) is 22.7 Å². The number of para-hydroxylation sites is 2. The maximum absolute atomic E-state index is 14.2. The predicted molar refractivity (Wildman–Crippen MR) is 175 cm³/mol. The van der Waals surface area contributed by atoms with Crippen molar-refractivity contribution < 1.29 is 24.0 Å². The van der Waals surface area contributed by atoms with Gasteiger partial charge < -0.3 is 20.4 Å². The van der Waals surface area contributed by atoms with Crippen molar-refractivity contribution in [3.63, 3.8) is 0 Å². The highest BCUT2D eigenvalue weighted by Crippen LogP contribution is 2.43. The van der Waals surface area contributed by atoms with E-state index >= 15 is 0 Å². The summed E-state index contributed by atoms with van der Waals surface area (Å²) in [7, 11) is 0. The Hall–Kier alpha value is -5.84. The molecule has 11 heteroatoms. The van der Waals surface area contributed by atoms with Crippen LogP contribution in [0.4, 0.5) is 21.9 Å². The van der Waals surface area contributed by atoms with E-state index in [9.17, 15) is 24.0 Å². The Morgan fingerprint density at radius 3 is 2.11 bits per heavy atom. The zero-order chi connectivity index (χ0) is 32.5. The SMILES string of the molecule is O=C(NCc1ccncc1)Nc1ccc(CN2C(=O)C3CCCC3N(C(=O)CN3C(=O)c4ccccc4C3=O)c3ccccc32)cc1. The van der Waals surface area contributed by atoms with Crippen molar-refractivity contribution in [2.24, 2.45) is 5.92 Å². The first-order valence-corrected chi connectivity index (χ1v) is 15.6. The molecule has 0 radical (unpaired) electrons. The molecule has 1 saturated carbocycles. The maximum Gasteiger partial charge on any atom is 0.319 e.